The summed E-state index contributed by atoms with van der Waals surface area (Å²) in [6, 6.07) is 0.588. The zero-order valence-electron chi connectivity index (χ0n) is 4.44. The third-order valence-corrected chi connectivity index (χ3v) is 1.01. The van der Waals surface area contributed by atoms with Crippen LogP contribution in [0.4, 0.5) is 0 Å². The molecule has 0 bridgehead atoms. The van der Waals surface area contributed by atoms with Gasteiger partial charge in [-0.3, -0.25) is 0 Å². The molecule has 0 saturated heterocycles. The lowest BCUT2D eigenvalue weighted by atomic mass is 10.3. The zero-order valence-corrected chi connectivity index (χ0v) is 4.44. The first-order valence-corrected chi connectivity index (χ1v) is 2.54. The van der Waals surface area contributed by atoms with Crippen LogP contribution in [0.25, 0.3) is 0 Å². The zero-order chi connectivity index (χ0) is 5.11. The van der Waals surface area contributed by atoms with Crippen molar-refractivity contribution in [3.05, 3.63) is 12.4 Å². The van der Waals surface area contributed by atoms with E-state index in [1.807, 2.05) is 12.4 Å². The molecule has 1 heterocycles. The van der Waals surface area contributed by atoms with E-state index in [2.05, 4.69) is 17.6 Å². The maximum atomic E-state index is 3.14. The van der Waals surface area contributed by atoms with E-state index in [-0.39, 0.29) is 0 Å². The molecule has 2 nitrogen and oxygen atoms in total. The highest BCUT2D eigenvalue weighted by Crippen LogP contribution is 1.82. The molecule has 0 fully saturated rings. The topological polar surface area (TPSA) is 24.1 Å². The summed E-state index contributed by atoms with van der Waals surface area (Å²) in [5.41, 5.74) is 0. The molecule has 40 valence electrons. The van der Waals surface area contributed by atoms with Crippen LogP contribution in [-0.2, 0) is 0 Å². The maximum absolute atomic E-state index is 3.14. The van der Waals surface area contributed by atoms with Gasteiger partial charge < -0.3 is 10.6 Å². The molecule has 0 spiro atoms. The first kappa shape index (κ1) is 4.50. The van der Waals surface area contributed by atoms with Crippen molar-refractivity contribution in [1.29, 1.82) is 0 Å². The lowest BCUT2D eigenvalue weighted by Crippen LogP contribution is -2.35. The summed E-state index contributed by atoms with van der Waals surface area (Å²) in [6.45, 7) is 3.17. The summed E-state index contributed by atoms with van der Waals surface area (Å²) >= 11 is 0. The van der Waals surface area contributed by atoms with Gasteiger partial charge in [0.25, 0.3) is 0 Å². The Balaban J connectivity index is 2.32. The van der Waals surface area contributed by atoms with E-state index >= 15 is 0 Å². The van der Waals surface area contributed by atoms with Crippen LogP contribution in [0, 0.1) is 0 Å². The third kappa shape index (κ3) is 1.11. The van der Waals surface area contributed by atoms with Crippen LogP contribution in [0.15, 0.2) is 12.4 Å². The monoisotopic (exact) mass is 98.1 g/mol. The summed E-state index contributed by atoms with van der Waals surface area (Å²) in [4.78, 5) is 0. The van der Waals surface area contributed by atoms with E-state index in [9.17, 15) is 0 Å². The van der Waals surface area contributed by atoms with E-state index < -0.39 is 0 Å². The highest BCUT2D eigenvalue weighted by Gasteiger charge is 1.97. The van der Waals surface area contributed by atoms with E-state index in [1.54, 1.807) is 0 Å². The molecule has 1 atom stereocenters. The number of nitrogens with one attached hydrogen (secondary N) is 2. The van der Waals surface area contributed by atoms with Gasteiger partial charge in [-0.15, -0.1) is 0 Å². The molecule has 0 aliphatic carbocycles. The highest BCUT2D eigenvalue weighted by molar-refractivity contribution is 4.86. The summed E-state index contributed by atoms with van der Waals surface area (Å²) in [7, 11) is 0. The lowest BCUT2D eigenvalue weighted by molar-refractivity contribution is 0.578. The van der Waals surface area contributed by atoms with Crippen LogP contribution in [-0.4, -0.2) is 12.6 Å². The van der Waals surface area contributed by atoms with Crippen molar-refractivity contribution >= 4 is 0 Å². The fourth-order valence-electron chi connectivity index (χ4n) is 0.575. The van der Waals surface area contributed by atoms with Crippen molar-refractivity contribution in [2.75, 3.05) is 6.54 Å². The van der Waals surface area contributed by atoms with Crippen LogP contribution >= 0.6 is 0 Å². The molecular weight excluding hydrogens is 88.1 g/mol. The summed E-state index contributed by atoms with van der Waals surface area (Å²) in [6.07, 6.45) is 3.84. The second kappa shape index (κ2) is 1.87. The molecule has 0 unspecified atom stereocenters. The third-order valence-electron chi connectivity index (χ3n) is 1.01. The number of hydrogen-bond acceptors (Lipinski definition) is 2. The van der Waals surface area contributed by atoms with Crippen LogP contribution < -0.4 is 10.6 Å². The average Bonchev–Trinajstić information content (AvgIpc) is 1.69. The van der Waals surface area contributed by atoms with Crippen molar-refractivity contribution < 1.29 is 0 Å². The molecule has 0 radical (unpaired) electrons. The Morgan fingerprint density at radius 1 is 1.57 bits per heavy atom. The molecule has 1 rings (SSSR count). The first-order valence-electron chi connectivity index (χ1n) is 2.54. The SMILES string of the molecule is C[C@@H]1CNC=CN1. The second-order valence-corrected chi connectivity index (χ2v) is 1.81. The standard InChI is InChI=1S/C5H10N2/c1-5-4-6-2-3-7-5/h2-3,5-7H,4H2,1H3/t5-/m1/s1. The predicted octanol–water partition coefficient (Wildman–Crippen LogP) is 0.0389. The molecular formula is C5H10N2. The van der Waals surface area contributed by atoms with Crippen LogP contribution in [0.1, 0.15) is 6.92 Å². The van der Waals surface area contributed by atoms with Gasteiger partial charge in [-0.25, -0.2) is 0 Å². The molecule has 0 aromatic rings. The van der Waals surface area contributed by atoms with E-state index in [4.69, 9.17) is 0 Å². The minimum absolute atomic E-state index is 0.588. The summed E-state index contributed by atoms with van der Waals surface area (Å²) in [5.74, 6) is 0. The smallest absolute Gasteiger partial charge is 0.0400 e. The normalized spacial score (nSPS) is 28.4. The summed E-state index contributed by atoms with van der Waals surface area (Å²) < 4.78 is 0. The fourth-order valence-corrected chi connectivity index (χ4v) is 0.575. The molecule has 1 aliphatic rings. The Labute approximate surface area is 43.6 Å². The molecule has 1 aliphatic heterocycles. The van der Waals surface area contributed by atoms with E-state index in [0.717, 1.165) is 6.54 Å². The molecule has 2 N–H and O–H groups in total. The number of hydrogen-bond donors (Lipinski definition) is 2. The molecule has 0 saturated carbocycles. The molecule has 2 heteroatoms. The van der Waals surface area contributed by atoms with Crippen molar-refractivity contribution in [3.8, 4) is 0 Å². The number of rotatable bonds is 0. The Hall–Kier alpha value is -0.660. The lowest BCUT2D eigenvalue weighted by Gasteiger charge is -2.15. The minimum Gasteiger partial charge on any atom is -0.388 e. The molecule has 7 heavy (non-hydrogen) atoms. The van der Waals surface area contributed by atoms with Gasteiger partial charge in [0.15, 0.2) is 0 Å². The van der Waals surface area contributed by atoms with Gasteiger partial charge in [-0.1, -0.05) is 0 Å². The van der Waals surface area contributed by atoms with Gasteiger partial charge in [0.1, 0.15) is 0 Å². The first-order chi connectivity index (χ1) is 3.39. The molecule has 0 aromatic carbocycles. The van der Waals surface area contributed by atoms with Gasteiger partial charge in [0, 0.05) is 25.0 Å². The second-order valence-electron chi connectivity index (χ2n) is 1.81. The van der Waals surface area contributed by atoms with Crippen molar-refractivity contribution in [3.63, 3.8) is 0 Å². The Morgan fingerprint density at radius 3 is 2.71 bits per heavy atom. The predicted molar refractivity (Wildman–Crippen MR) is 29.7 cm³/mol. The molecule has 0 aromatic heterocycles. The summed E-state index contributed by atoms with van der Waals surface area (Å²) in [5, 5.41) is 6.23. The van der Waals surface area contributed by atoms with Crippen molar-refractivity contribution in [2.24, 2.45) is 0 Å². The maximum Gasteiger partial charge on any atom is 0.0400 e. The van der Waals surface area contributed by atoms with E-state index in [0.29, 0.717) is 6.04 Å². The Kier molecular flexibility index (Phi) is 1.20. The van der Waals surface area contributed by atoms with Crippen molar-refractivity contribution in [1.82, 2.24) is 10.6 Å². The van der Waals surface area contributed by atoms with Gasteiger partial charge in [-0.2, -0.15) is 0 Å². The van der Waals surface area contributed by atoms with Crippen molar-refractivity contribution in [2.45, 2.75) is 13.0 Å². The van der Waals surface area contributed by atoms with Gasteiger partial charge in [-0.05, 0) is 6.92 Å². The Bertz CT molecular complexity index is 78.1. The van der Waals surface area contributed by atoms with Crippen LogP contribution in [0.3, 0.4) is 0 Å². The highest BCUT2D eigenvalue weighted by atomic mass is 15.0. The van der Waals surface area contributed by atoms with Crippen LogP contribution in [0.2, 0.25) is 0 Å². The largest absolute Gasteiger partial charge is 0.388 e. The van der Waals surface area contributed by atoms with Gasteiger partial charge in [0.05, 0.1) is 0 Å². The quantitative estimate of drug-likeness (QED) is 0.447. The molecule has 0 amide bonds. The fraction of sp³-hybridized carbons (Fsp3) is 0.600. The van der Waals surface area contributed by atoms with Crippen LogP contribution in [0.5, 0.6) is 0 Å². The average molecular weight is 98.1 g/mol. The van der Waals surface area contributed by atoms with Gasteiger partial charge >= 0.3 is 0 Å². The Morgan fingerprint density at radius 2 is 2.43 bits per heavy atom. The van der Waals surface area contributed by atoms with Gasteiger partial charge in [0.2, 0.25) is 0 Å². The minimum atomic E-state index is 0.588. The van der Waals surface area contributed by atoms with E-state index in [1.165, 1.54) is 0 Å².